The minimum absolute atomic E-state index is 0.00377. The summed E-state index contributed by atoms with van der Waals surface area (Å²) in [7, 11) is 10.5. The number of carboxylic acid groups (broad SMARTS) is 1. The monoisotopic (exact) mass is 1840 g/mol. The average Bonchev–Trinajstić information content (AvgIpc) is 1.66. The maximum absolute atomic E-state index is 13.9. The number of carbonyl (C=O) groups excluding carboxylic acids is 4. The number of nitrogens with zero attached hydrogens (tertiary/aromatic N) is 9. The van der Waals surface area contributed by atoms with Gasteiger partial charge in [-0.1, -0.05) is 78.8 Å². The summed E-state index contributed by atoms with van der Waals surface area (Å²) in [5, 5.41) is 24.6. The Hall–Kier alpha value is -10.4. The number of aryl methyl sites for hydroxylation is 3. The number of methoxy groups -OCH3 is 3. The molecule has 5 saturated carbocycles. The molecule has 0 aliphatic heterocycles. The highest BCUT2D eigenvalue weighted by atomic mass is 32.1. The molecule has 3 aromatic carbocycles. The number of carboxylic acids is 1. The summed E-state index contributed by atoms with van der Waals surface area (Å²) >= 11 is 4.71. The second-order valence-corrected chi connectivity index (χ2v) is 40.3. The minimum Gasteiger partial charge on any atom is -0.496 e. The standard InChI is InChI=1S/C37H48N4O4S.C31H39N3O5S.C31H41N3O3S.C6H11N/c1-9-11-12-13-16-41(7)36(43)28-18-25(17-27(28)34(42)40-37(6)20-24(37)10-2)45-32-19-29(35-39-30(21-46-35)22(3)4)38-33-23(5)31(44-8)15-14-26(32)33;1-7-8-9-10-13-34(5)30(35)22-14-20(15-23(22)31(36)37)39-27-16-24(29-33-25(17-40-29)18(2)3)32-28-19(4)26(38-6)12-11-21(27)28;1-8-9-10-11-14-34(6)31(35)24-16-22(15-20(24)4)37-28-17-25(30-33-26(18-38-30)19(2)3)32-29-21(5)27(36-7)13-12-23(28)29;1-3-5-4-6(5,2)7/h9-10,14-15,19,21-22,24-25,27-28H,1-2,11-13,16-18,20H2,3-8H3,(H,40,42);7,11-12,16-18,20,22-23H,1,8-10,13-15H2,2-6H3,(H,36,37);8,12-13,17-20,22,24H,1,9-11,14-16H2,2-7H3;3,5H,1,4,7H2,2H3/t24-,25-,27-,28-,37-;20-,22+,23+;20-,22-,24-;5-,6-/m1011/s1. The number of amides is 4. The van der Waals surface area contributed by atoms with E-state index >= 15 is 0 Å². The molecule has 4 amide bonds. The number of hydrogen-bond acceptors (Lipinski definition) is 21. The molecule has 5 fully saturated rings. The van der Waals surface area contributed by atoms with Gasteiger partial charge in [0.2, 0.25) is 23.6 Å². The number of aliphatic carboxylic acids is 1. The Balaban J connectivity index is 0.000000183. The molecule has 131 heavy (non-hydrogen) atoms. The molecule has 13 atom stereocenters. The zero-order chi connectivity index (χ0) is 95.0. The molecular weight excluding hydrogens is 1700 g/mol. The topological polar surface area (TPSA) is 286 Å². The summed E-state index contributed by atoms with van der Waals surface area (Å²) in [6.45, 7) is 45.9. The Morgan fingerprint density at radius 2 is 0.794 bits per heavy atom. The van der Waals surface area contributed by atoms with Gasteiger partial charge in [0.25, 0.3) is 0 Å². The molecule has 0 unspecified atom stereocenters. The molecule has 6 heterocycles. The maximum atomic E-state index is 13.9. The zero-order valence-corrected chi connectivity index (χ0v) is 82.8. The first-order chi connectivity index (χ1) is 62.5. The van der Waals surface area contributed by atoms with Crippen LogP contribution in [-0.4, -0.2) is 171 Å². The fraction of sp³-hybridized carbons (Fsp3) is 0.514. The first-order valence-electron chi connectivity index (χ1n) is 46.5. The van der Waals surface area contributed by atoms with E-state index in [0.29, 0.717) is 73.2 Å². The molecule has 5 aliphatic carbocycles. The number of thiazole rings is 3. The van der Waals surface area contributed by atoms with Gasteiger partial charge in [-0.25, -0.2) is 29.9 Å². The van der Waals surface area contributed by atoms with Crippen molar-refractivity contribution in [3.8, 4) is 66.6 Å². The van der Waals surface area contributed by atoms with Crippen LogP contribution in [0, 0.1) is 68.1 Å². The number of rotatable bonds is 38. The second kappa shape index (κ2) is 45.3. The van der Waals surface area contributed by atoms with Crippen LogP contribution in [0.3, 0.4) is 0 Å². The summed E-state index contributed by atoms with van der Waals surface area (Å²) in [4.78, 5) is 101. The van der Waals surface area contributed by atoms with Gasteiger partial charge in [-0.2, -0.15) is 0 Å². The summed E-state index contributed by atoms with van der Waals surface area (Å²) in [5.41, 5.74) is 15.9. The molecule has 0 bridgehead atoms. The number of unbranched alkanes of at least 4 members (excludes halogenated alkanes) is 6. The number of fused-ring (bicyclic) bond motifs is 3. The molecule has 26 heteroatoms. The number of allylic oxidation sites excluding steroid dienone is 3. The molecule has 14 rings (SSSR count). The second-order valence-electron chi connectivity index (χ2n) is 37.7. The summed E-state index contributed by atoms with van der Waals surface area (Å²) < 4.78 is 36.8. The van der Waals surface area contributed by atoms with E-state index in [9.17, 15) is 29.1 Å². The Morgan fingerprint density at radius 3 is 1.09 bits per heavy atom. The number of hydrogen-bond donors (Lipinski definition) is 3. The molecule has 0 spiro atoms. The summed E-state index contributed by atoms with van der Waals surface area (Å²) in [6, 6.07) is 17.5. The molecule has 23 nitrogen and oxygen atoms in total. The van der Waals surface area contributed by atoms with Gasteiger partial charge in [-0.05, 0) is 210 Å². The highest BCUT2D eigenvalue weighted by molar-refractivity contribution is 7.13. The number of pyridine rings is 3. The predicted molar refractivity (Wildman–Crippen MR) is 531 cm³/mol. The van der Waals surface area contributed by atoms with E-state index in [2.05, 4.69) is 104 Å². The van der Waals surface area contributed by atoms with Gasteiger partial charge in [-0.3, -0.25) is 24.0 Å². The van der Waals surface area contributed by atoms with Gasteiger partial charge in [0, 0.05) is 131 Å². The van der Waals surface area contributed by atoms with E-state index < -0.39 is 35.7 Å². The lowest BCUT2D eigenvalue weighted by Gasteiger charge is -2.25. The quantitative estimate of drug-likeness (QED) is 0.0239. The molecule has 0 saturated heterocycles. The van der Waals surface area contributed by atoms with Gasteiger partial charge in [0.15, 0.2) is 0 Å². The molecule has 0 radical (unpaired) electrons. The van der Waals surface area contributed by atoms with Crippen LogP contribution in [0.15, 0.2) is 134 Å². The van der Waals surface area contributed by atoms with Crippen LogP contribution in [0.4, 0.5) is 0 Å². The van der Waals surface area contributed by atoms with Crippen molar-refractivity contribution in [1.82, 2.24) is 49.9 Å². The van der Waals surface area contributed by atoms with Gasteiger partial charge in [0.1, 0.15) is 78.8 Å². The average molecular weight is 1840 g/mol. The van der Waals surface area contributed by atoms with Crippen molar-refractivity contribution in [2.75, 3.05) is 62.1 Å². The number of aromatic nitrogens is 6. The highest BCUT2D eigenvalue weighted by Crippen LogP contribution is 2.49. The number of nitrogens with one attached hydrogen (secondary N) is 1. The van der Waals surface area contributed by atoms with Crippen molar-refractivity contribution < 1.29 is 57.5 Å². The van der Waals surface area contributed by atoms with Crippen molar-refractivity contribution in [1.29, 1.82) is 0 Å². The molecule has 9 aromatic rings. The van der Waals surface area contributed by atoms with E-state index in [4.69, 9.17) is 64.1 Å². The Bertz CT molecular complexity index is 5560. The number of benzene rings is 3. The molecule has 704 valence electrons. The number of ether oxygens (including phenoxy) is 6. The summed E-state index contributed by atoms with van der Waals surface area (Å²) in [5.74, 6) is 3.02. The molecular formula is C105H139N11O12S3. The largest absolute Gasteiger partial charge is 0.496 e. The number of carbonyl (C=O) groups is 5. The van der Waals surface area contributed by atoms with E-state index in [1.165, 1.54) is 11.3 Å². The van der Waals surface area contributed by atoms with Gasteiger partial charge in [-0.15, -0.1) is 66.9 Å². The minimum atomic E-state index is -0.964. The van der Waals surface area contributed by atoms with Gasteiger partial charge in [0.05, 0.1) is 84.7 Å². The smallest absolute Gasteiger partial charge is 0.307 e. The summed E-state index contributed by atoms with van der Waals surface area (Å²) in [6.07, 6.45) is 22.3. The normalized spacial score (nSPS) is 22.2. The van der Waals surface area contributed by atoms with E-state index in [0.717, 1.165) is 206 Å². The fourth-order valence-corrected chi connectivity index (χ4v) is 20.8. The third-order valence-electron chi connectivity index (χ3n) is 26.7. The fourth-order valence-electron chi connectivity index (χ4n) is 18.0. The van der Waals surface area contributed by atoms with Crippen LogP contribution < -0.4 is 39.5 Å². The van der Waals surface area contributed by atoms with Crippen molar-refractivity contribution in [3.05, 3.63) is 168 Å². The third-order valence-corrected chi connectivity index (χ3v) is 29.3. The van der Waals surface area contributed by atoms with Crippen molar-refractivity contribution in [2.45, 2.75) is 239 Å². The Kier molecular flexibility index (Phi) is 35.0. The zero-order valence-electron chi connectivity index (χ0n) is 80.3. The molecule has 5 aliphatic rings. The van der Waals surface area contributed by atoms with Crippen LogP contribution in [0.5, 0.6) is 34.5 Å². The highest BCUT2D eigenvalue weighted by Gasteiger charge is 2.53. The van der Waals surface area contributed by atoms with E-state index in [-0.39, 0.29) is 71.1 Å². The predicted octanol–water partition coefficient (Wildman–Crippen LogP) is 22.3. The lowest BCUT2D eigenvalue weighted by Crippen LogP contribution is -2.44. The lowest BCUT2D eigenvalue weighted by molar-refractivity contribution is -0.148. The maximum Gasteiger partial charge on any atom is 0.307 e. The third kappa shape index (κ3) is 24.7. The van der Waals surface area contributed by atoms with E-state index in [1.54, 1.807) is 60.9 Å². The van der Waals surface area contributed by atoms with Crippen LogP contribution in [0.25, 0.3) is 64.8 Å². The van der Waals surface area contributed by atoms with Gasteiger partial charge >= 0.3 is 5.97 Å². The first-order valence-corrected chi connectivity index (χ1v) is 49.2. The first kappa shape index (κ1) is 101. The molecule has 4 N–H and O–H groups in total. The molecule has 6 aromatic heterocycles. The van der Waals surface area contributed by atoms with Crippen molar-refractivity contribution in [2.24, 2.45) is 53.1 Å². The Morgan fingerprint density at radius 1 is 0.473 bits per heavy atom. The van der Waals surface area contributed by atoms with Crippen LogP contribution in [0.2, 0.25) is 0 Å². The van der Waals surface area contributed by atoms with Gasteiger partial charge < -0.3 is 59.3 Å². The van der Waals surface area contributed by atoms with Crippen LogP contribution >= 0.6 is 34.0 Å². The van der Waals surface area contributed by atoms with Crippen molar-refractivity contribution in [3.63, 3.8) is 0 Å². The van der Waals surface area contributed by atoms with Crippen LogP contribution in [0.1, 0.15) is 223 Å². The van der Waals surface area contributed by atoms with Crippen molar-refractivity contribution >= 4 is 96.3 Å². The number of nitrogens with two attached hydrogens (primary N) is 1. The lowest BCUT2D eigenvalue weighted by atomic mass is 9.93. The van der Waals surface area contributed by atoms with Crippen LogP contribution in [-0.2, 0) is 24.0 Å². The SMILES string of the molecule is C=CCCCCN(C)C(=O)[C@@H]1C[C@H](Oc2cc(-c3nc(C(C)C)cs3)nc3c(C)c(OC)ccc23)C[C@H]1C.C=CCCCCN(C)C(=O)[C@@H]1C[C@H](Oc2cc(-c3nc(C(C)C)cs3)nc3c(C)c(OC)ccc23)C[C@H]1C(=O)N[C@]1(C)C[C@H]1C=C.C=CCCCCN(C)C(=O)[C@@H]1C[C@H](Oc2cc(-c3nc(C(C)C)cs3)nc3c(C)c(OC)ccc23)C[C@H]1C(=O)O.C=C[C@@H]1C[C@@]1(C)N. The van der Waals surface area contributed by atoms with E-state index in [1.807, 2.05) is 137 Å². The Labute approximate surface area is 787 Å².